The van der Waals surface area contributed by atoms with Crippen molar-refractivity contribution in [3.05, 3.63) is 100 Å². The second kappa shape index (κ2) is 8.19. The van der Waals surface area contributed by atoms with E-state index in [1.807, 2.05) is 42.5 Å². The number of nitrogens with zero attached hydrogens (tertiary/aromatic N) is 1. The highest BCUT2D eigenvalue weighted by atomic mass is 35.5. The molecule has 32 heavy (non-hydrogen) atoms. The van der Waals surface area contributed by atoms with Crippen molar-refractivity contribution < 1.29 is 14.7 Å². The minimum atomic E-state index is -1.96. The van der Waals surface area contributed by atoms with E-state index < -0.39 is 11.5 Å². The molecule has 0 aromatic heterocycles. The molecule has 0 fully saturated rings. The second-order valence-corrected chi connectivity index (χ2v) is 9.76. The van der Waals surface area contributed by atoms with E-state index in [0.717, 1.165) is 11.1 Å². The summed E-state index contributed by atoms with van der Waals surface area (Å²) in [5, 5.41) is 11.9. The van der Waals surface area contributed by atoms with Gasteiger partial charge < -0.3 is 10.0 Å². The summed E-state index contributed by atoms with van der Waals surface area (Å²) in [5.74, 6) is -0.813. The normalized spacial score (nSPS) is 18.0. The number of halogens is 1. The third-order valence-corrected chi connectivity index (χ3v) is 6.20. The van der Waals surface area contributed by atoms with Gasteiger partial charge in [-0.1, -0.05) is 87.0 Å². The summed E-state index contributed by atoms with van der Waals surface area (Å²) in [6.07, 6.45) is -0.348. The minimum absolute atomic E-state index is 0.0329. The van der Waals surface area contributed by atoms with Gasteiger partial charge in [-0.25, -0.2) is 0 Å². The lowest BCUT2D eigenvalue weighted by atomic mass is 9.85. The summed E-state index contributed by atoms with van der Waals surface area (Å²) in [6, 6.07) is 21.9. The van der Waals surface area contributed by atoms with Gasteiger partial charge in [-0.3, -0.25) is 9.59 Å². The maximum Gasteiger partial charge on any atom is 0.264 e. The Bertz CT molecular complexity index is 1170. The Morgan fingerprint density at radius 3 is 2.28 bits per heavy atom. The molecule has 1 heterocycles. The van der Waals surface area contributed by atoms with E-state index in [1.54, 1.807) is 30.3 Å². The largest absolute Gasteiger partial charge is 0.375 e. The summed E-state index contributed by atoms with van der Waals surface area (Å²) in [4.78, 5) is 28.1. The van der Waals surface area contributed by atoms with Crippen molar-refractivity contribution in [2.24, 2.45) is 0 Å². The first-order chi connectivity index (χ1) is 15.1. The number of fused-ring (bicyclic) bond motifs is 1. The average Bonchev–Trinajstić information content (AvgIpc) is 2.95. The van der Waals surface area contributed by atoms with Crippen molar-refractivity contribution >= 4 is 29.0 Å². The van der Waals surface area contributed by atoms with Crippen molar-refractivity contribution in [2.45, 2.75) is 44.8 Å². The summed E-state index contributed by atoms with van der Waals surface area (Å²) >= 11 is 6.19. The van der Waals surface area contributed by atoms with Gasteiger partial charge in [0, 0.05) is 16.1 Å². The third kappa shape index (κ3) is 4.08. The Morgan fingerprint density at radius 2 is 1.66 bits per heavy atom. The van der Waals surface area contributed by atoms with Crippen molar-refractivity contribution in [3.8, 4) is 0 Å². The van der Waals surface area contributed by atoms with Crippen LogP contribution in [0.25, 0.3) is 0 Å². The molecule has 1 atom stereocenters. The van der Waals surface area contributed by atoms with Gasteiger partial charge in [-0.15, -0.1) is 0 Å². The molecule has 0 spiro atoms. The van der Waals surface area contributed by atoms with Crippen LogP contribution in [0, 0.1) is 0 Å². The molecule has 4 nitrogen and oxygen atoms in total. The molecular formula is C27H26ClNO3. The number of hydrogen-bond acceptors (Lipinski definition) is 3. The number of amides is 1. The van der Waals surface area contributed by atoms with Gasteiger partial charge in [0.1, 0.15) is 0 Å². The monoisotopic (exact) mass is 447 g/mol. The van der Waals surface area contributed by atoms with E-state index in [0.29, 0.717) is 28.4 Å². The molecule has 4 rings (SSSR count). The van der Waals surface area contributed by atoms with Gasteiger partial charge in [0.25, 0.3) is 5.91 Å². The predicted molar refractivity (Wildman–Crippen MR) is 127 cm³/mol. The topological polar surface area (TPSA) is 57.6 Å². The average molecular weight is 448 g/mol. The van der Waals surface area contributed by atoms with E-state index in [9.17, 15) is 14.7 Å². The van der Waals surface area contributed by atoms with Crippen LogP contribution in [0.5, 0.6) is 0 Å². The first-order valence-corrected chi connectivity index (χ1v) is 11.0. The van der Waals surface area contributed by atoms with Crippen LogP contribution in [0.15, 0.2) is 72.8 Å². The molecule has 0 radical (unpaired) electrons. The molecule has 3 aromatic carbocycles. The van der Waals surface area contributed by atoms with Gasteiger partial charge in [-0.05, 0) is 34.7 Å². The Morgan fingerprint density at radius 1 is 1.00 bits per heavy atom. The molecule has 1 aliphatic heterocycles. The lowest BCUT2D eigenvalue weighted by Gasteiger charge is -2.23. The van der Waals surface area contributed by atoms with Crippen LogP contribution in [0.3, 0.4) is 0 Å². The number of benzene rings is 3. The first kappa shape index (κ1) is 22.3. The number of aliphatic hydroxyl groups is 1. The van der Waals surface area contributed by atoms with Crippen LogP contribution < -0.4 is 4.90 Å². The fourth-order valence-corrected chi connectivity index (χ4v) is 4.28. The first-order valence-electron chi connectivity index (χ1n) is 10.6. The van der Waals surface area contributed by atoms with Crippen LogP contribution >= 0.6 is 11.6 Å². The number of carbonyl (C=O) groups is 2. The molecule has 0 bridgehead atoms. The zero-order valence-corrected chi connectivity index (χ0v) is 19.2. The predicted octanol–water partition coefficient (Wildman–Crippen LogP) is 5.64. The lowest BCUT2D eigenvalue weighted by molar-refractivity contribution is -0.136. The standard InChI is InChI=1S/C27H26ClNO3/c1-26(2,3)20-11-9-19(10-12-20)24(30)16-27(32)22-15-21(28)13-14-23(22)29(25(27)31)17-18-7-5-4-6-8-18/h4-15,32H,16-17H2,1-3H3. The maximum absolute atomic E-state index is 13.4. The van der Waals surface area contributed by atoms with Crippen LogP contribution in [0.4, 0.5) is 5.69 Å². The van der Waals surface area contributed by atoms with E-state index in [4.69, 9.17) is 11.6 Å². The van der Waals surface area contributed by atoms with Crippen LogP contribution in [-0.2, 0) is 22.4 Å². The van der Waals surface area contributed by atoms with Crippen LogP contribution in [-0.4, -0.2) is 16.8 Å². The number of hydrogen-bond donors (Lipinski definition) is 1. The van der Waals surface area contributed by atoms with Gasteiger partial charge in [0.2, 0.25) is 0 Å². The molecule has 1 aliphatic rings. The van der Waals surface area contributed by atoms with E-state index in [1.165, 1.54) is 4.90 Å². The minimum Gasteiger partial charge on any atom is -0.375 e. The van der Waals surface area contributed by atoms with Gasteiger partial charge >= 0.3 is 0 Å². The maximum atomic E-state index is 13.4. The molecular weight excluding hydrogens is 422 g/mol. The fourth-order valence-electron chi connectivity index (χ4n) is 4.11. The molecule has 0 saturated heterocycles. The van der Waals surface area contributed by atoms with Gasteiger partial charge in [0.15, 0.2) is 11.4 Å². The highest BCUT2D eigenvalue weighted by molar-refractivity contribution is 6.31. The molecule has 0 saturated carbocycles. The van der Waals surface area contributed by atoms with E-state index in [2.05, 4.69) is 20.8 Å². The summed E-state index contributed by atoms with van der Waals surface area (Å²) in [7, 11) is 0. The Kier molecular flexibility index (Phi) is 5.70. The Hall–Kier alpha value is -2.95. The summed E-state index contributed by atoms with van der Waals surface area (Å²) in [6.45, 7) is 6.61. The zero-order valence-electron chi connectivity index (χ0n) is 18.4. The number of Topliss-reactive ketones (excluding diaryl/α,β-unsaturated/α-hetero) is 1. The van der Waals surface area contributed by atoms with Crippen LogP contribution in [0.1, 0.15) is 54.2 Å². The highest BCUT2D eigenvalue weighted by Crippen LogP contribution is 2.44. The summed E-state index contributed by atoms with van der Waals surface area (Å²) in [5.41, 5.74) is 1.44. The van der Waals surface area contributed by atoms with E-state index in [-0.39, 0.29) is 17.6 Å². The van der Waals surface area contributed by atoms with Crippen LogP contribution in [0.2, 0.25) is 5.02 Å². The molecule has 164 valence electrons. The molecule has 1 unspecified atom stereocenters. The highest BCUT2D eigenvalue weighted by Gasteiger charge is 2.51. The number of carbonyl (C=O) groups excluding carboxylic acids is 2. The zero-order chi connectivity index (χ0) is 23.1. The van der Waals surface area contributed by atoms with Crippen molar-refractivity contribution in [3.63, 3.8) is 0 Å². The molecule has 1 amide bonds. The molecule has 1 N–H and O–H groups in total. The van der Waals surface area contributed by atoms with Crippen molar-refractivity contribution in [1.29, 1.82) is 0 Å². The van der Waals surface area contributed by atoms with Crippen molar-refractivity contribution in [2.75, 3.05) is 4.90 Å². The summed E-state index contributed by atoms with van der Waals surface area (Å²) < 4.78 is 0. The lowest BCUT2D eigenvalue weighted by Crippen LogP contribution is -2.41. The fraction of sp³-hybridized carbons (Fsp3) is 0.259. The molecule has 0 aliphatic carbocycles. The number of rotatable bonds is 5. The molecule has 3 aromatic rings. The second-order valence-electron chi connectivity index (χ2n) is 9.33. The molecule has 5 heteroatoms. The van der Waals surface area contributed by atoms with Crippen molar-refractivity contribution in [1.82, 2.24) is 0 Å². The Labute approximate surface area is 193 Å². The van der Waals surface area contributed by atoms with Gasteiger partial charge in [-0.2, -0.15) is 0 Å². The Balaban J connectivity index is 1.66. The SMILES string of the molecule is CC(C)(C)c1ccc(C(=O)CC2(O)C(=O)N(Cc3ccccc3)c3ccc(Cl)cc32)cc1. The number of ketones is 1. The third-order valence-electron chi connectivity index (χ3n) is 5.97. The van der Waals surface area contributed by atoms with Gasteiger partial charge in [0.05, 0.1) is 18.7 Å². The van der Waals surface area contributed by atoms with E-state index >= 15 is 0 Å². The smallest absolute Gasteiger partial charge is 0.264 e. The number of anilines is 1. The quantitative estimate of drug-likeness (QED) is 0.514.